The van der Waals surface area contributed by atoms with Gasteiger partial charge in [0.05, 0.1) is 0 Å². The molecule has 0 amide bonds. The summed E-state index contributed by atoms with van der Waals surface area (Å²) in [6.45, 7) is 4.74. The van der Waals surface area contributed by atoms with Crippen molar-refractivity contribution in [3.8, 4) is 5.75 Å². The zero-order chi connectivity index (χ0) is 10.4. The largest absolute Gasteiger partial charge is 0.489 e. The summed E-state index contributed by atoms with van der Waals surface area (Å²) in [7, 11) is 0. The van der Waals surface area contributed by atoms with Crippen LogP contribution in [0.2, 0.25) is 0 Å². The number of para-hydroxylation sites is 1. The Morgan fingerprint density at radius 3 is 2.43 bits per heavy atom. The van der Waals surface area contributed by atoms with Crippen molar-refractivity contribution in [2.45, 2.75) is 13.8 Å². The van der Waals surface area contributed by atoms with Crippen LogP contribution in [0.15, 0.2) is 30.4 Å². The summed E-state index contributed by atoms with van der Waals surface area (Å²) in [6, 6.07) is 6.16. The van der Waals surface area contributed by atoms with Crippen molar-refractivity contribution >= 4 is 12.6 Å². The average molecular weight is 208 g/mol. The molecule has 0 N–H and O–H groups in total. The van der Waals surface area contributed by atoms with E-state index in [1.807, 2.05) is 18.2 Å². The van der Waals surface area contributed by atoms with Crippen molar-refractivity contribution in [3.63, 3.8) is 0 Å². The minimum atomic E-state index is 0.617. The van der Waals surface area contributed by atoms with Gasteiger partial charge in [-0.2, -0.15) is 12.6 Å². The van der Waals surface area contributed by atoms with E-state index in [1.165, 1.54) is 11.1 Å². The van der Waals surface area contributed by atoms with Gasteiger partial charge in [-0.1, -0.05) is 30.4 Å². The quantitative estimate of drug-likeness (QED) is 0.590. The lowest BCUT2D eigenvalue weighted by Crippen LogP contribution is -1.97. The molecule has 0 heterocycles. The molecule has 0 bridgehead atoms. The van der Waals surface area contributed by atoms with Crippen molar-refractivity contribution in [2.24, 2.45) is 0 Å². The Hall–Kier alpha value is -0.890. The fourth-order valence-corrected chi connectivity index (χ4v) is 1.45. The summed E-state index contributed by atoms with van der Waals surface area (Å²) in [5.41, 5.74) is 2.37. The molecule has 0 saturated carbocycles. The van der Waals surface area contributed by atoms with Crippen LogP contribution in [0.5, 0.6) is 5.75 Å². The number of ether oxygens (including phenoxy) is 1. The van der Waals surface area contributed by atoms with Crippen molar-refractivity contribution in [1.82, 2.24) is 0 Å². The Morgan fingerprint density at radius 1 is 1.21 bits per heavy atom. The highest BCUT2D eigenvalue weighted by atomic mass is 32.1. The first-order valence-electron chi connectivity index (χ1n) is 4.70. The van der Waals surface area contributed by atoms with Crippen LogP contribution in [0, 0.1) is 13.8 Å². The van der Waals surface area contributed by atoms with Gasteiger partial charge in [0.25, 0.3) is 0 Å². The maximum Gasteiger partial charge on any atom is 0.125 e. The number of hydrogen-bond acceptors (Lipinski definition) is 2. The van der Waals surface area contributed by atoms with E-state index in [9.17, 15) is 0 Å². The first-order valence-corrected chi connectivity index (χ1v) is 5.34. The van der Waals surface area contributed by atoms with Gasteiger partial charge in [-0.15, -0.1) is 0 Å². The topological polar surface area (TPSA) is 9.23 Å². The molecule has 0 radical (unpaired) electrons. The Bertz CT molecular complexity index is 298. The Morgan fingerprint density at radius 2 is 1.86 bits per heavy atom. The van der Waals surface area contributed by atoms with Gasteiger partial charge in [0, 0.05) is 5.75 Å². The second-order valence-electron chi connectivity index (χ2n) is 3.19. The lowest BCUT2D eigenvalue weighted by Gasteiger charge is -2.09. The molecule has 1 aromatic rings. The number of rotatable bonds is 4. The molecule has 0 aliphatic heterocycles. The van der Waals surface area contributed by atoms with Gasteiger partial charge in [0.1, 0.15) is 12.4 Å². The molecular formula is C12H16OS. The molecule has 76 valence electrons. The molecule has 0 unspecified atom stereocenters. The van der Waals surface area contributed by atoms with E-state index in [0.29, 0.717) is 6.61 Å². The third-order valence-electron chi connectivity index (χ3n) is 2.00. The van der Waals surface area contributed by atoms with Crippen LogP contribution in [0.25, 0.3) is 0 Å². The molecule has 0 fully saturated rings. The highest BCUT2D eigenvalue weighted by Crippen LogP contribution is 2.21. The number of benzene rings is 1. The lowest BCUT2D eigenvalue weighted by molar-refractivity contribution is 0.357. The third kappa shape index (κ3) is 3.11. The summed E-state index contributed by atoms with van der Waals surface area (Å²) in [4.78, 5) is 0. The molecule has 0 aliphatic carbocycles. The third-order valence-corrected chi connectivity index (χ3v) is 2.22. The maximum atomic E-state index is 5.65. The summed E-state index contributed by atoms with van der Waals surface area (Å²) >= 11 is 4.08. The van der Waals surface area contributed by atoms with E-state index in [0.717, 1.165) is 11.5 Å². The average Bonchev–Trinajstić information content (AvgIpc) is 2.16. The molecule has 0 aromatic heterocycles. The van der Waals surface area contributed by atoms with Crippen LogP contribution in [0.4, 0.5) is 0 Å². The van der Waals surface area contributed by atoms with Gasteiger partial charge in [-0.3, -0.25) is 0 Å². The normalized spacial score (nSPS) is 10.8. The number of hydrogen-bond donors (Lipinski definition) is 1. The maximum absolute atomic E-state index is 5.65. The second-order valence-corrected chi connectivity index (χ2v) is 3.55. The molecule has 0 saturated heterocycles. The first kappa shape index (κ1) is 11.2. The van der Waals surface area contributed by atoms with Crippen LogP contribution in [-0.4, -0.2) is 12.4 Å². The van der Waals surface area contributed by atoms with E-state index in [4.69, 9.17) is 4.74 Å². The van der Waals surface area contributed by atoms with Crippen LogP contribution in [0.1, 0.15) is 11.1 Å². The van der Waals surface area contributed by atoms with Gasteiger partial charge >= 0.3 is 0 Å². The minimum absolute atomic E-state index is 0.617. The van der Waals surface area contributed by atoms with Gasteiger partial charge in [-0.25, -0.2) is 0 Å². The SMILES string of the molecule is Cc1cccc(C)c1OCC=CCS. The lowest BCUT2D eigenvalue weighted by atomic mass is 10.1. The Balaban J connectivity index is 2.62. The van der Waals surface area contributed by atoms with E-state index in [1.54, 1.807) is 0 Å². The van der Waals surface area contributed by atoms with Gasteiger partial charge in [-0.05, 0) is 25.0 Å². The predicted octanol–water partition coefficient (Wildman–Crippen LogP) is 3.17. The summed E-state index contributed by atoms with van der Waals surface area (Å²) < 4.78 is 5.65. The summed E-state index contributed by atoms with van der Waals surface area (Å²) in [5.74, 6) is 1.76. The molecular weight excluding hydrogens is 192 g/mol. The summed E-state index contributed by atoms with van der Waals surface area (Å²) in [5, 5.41) is 0. The highest BCUT2D eigenvalue weighted by Gasteiger charge is 2.00. The Kier molecular flexibility index (Phi) is 4.60. The fourth-order valence-electron chi connectivity index (χ4n) is 1.30. The number of thiol groups is 1. The molecule has 0 atom stereocenters. The van der Waals surface area contributed by atoms with Crippen molar-refractivity contribution < 1.29 is 4.74 Å². The molecule has 2 heteroatoms. The highest BCUT2D eigenvalue weighted by molar-refractivity contribution is 7.80. The Labute approximate surface area is 91.2 Å². The van der Waals surface area contributed by atoms with Crippen molar-refractivity contribution in [2.75, 3.05) is 12.4 Å². The first-order chi connectivity index (χ1) is 6.75. The van der Waals surface area contributed by atoms with Crippen LogP contribution in [-0.2, 0) is 0 Å². The smallest absolute Gasteiger partial charge is 0.125 e. The van der Waals surface area contributed by atoms with Crippen molar-refractivity contribution in [3.05, 3.63) is 41.5 Å². The zero-order valence-electron chi connectivity index (χ0n) is 8.66. The van der Waals surface area contributed by atoms with Crippen LogP contribution in [0.3, 0.4) is 0 Å². The molecule has 14 heavy (non-hydrogen) atoms. The van der Waals surface area contributed by atoms with Gasteiger partial charge in [0.2, 0.25) is 0 Å². The van der Waals surface area contributed by atoms with E-state index in [2.05, 4.69) is 38.6 Å². The molecule has 0 spiro atoms. The van der Waals surface area contributed by atoms with E-state index < -0.39 is 0 Å². The second kappa shape index (κ2) is 5.76. The van der Waals surface area contributed by atoms with Crippen molar-refractivity contribution in [1.29, 1.82) is 0 Å². The molecule has 0 aliphatic rings. The fraction of sp³-hybridized carbons (Fsp3) is 0.333. The standard InChI is InChI=1S/C12H16OS/c1-10-6-5-7-11(2)12(10)13-8-3-4-9-14/h3-7,14H,8-9H2,1-2H3. The van der Waals surface area contributed by atoms with Crippen LogP contribution < -0.4 is 4.74 Å². The predicted molar refractivity (Wildman–Crippen MR) is 64.4 cm³/mol. The van der Waals surface area contributed by atoms with Gasteiger partial charge < -0.3 is 4.74 Å². The molecule has 1 aromatic carbocycles. The minimum Gasteiger partial charge on any atom is -0.489 e. The summed E-state index contributed by atoms with van der Waals surface area (Å²) in [6.07, 6.45) is 3.97. The van der Waals surface area contributed by atoms with E-state index in [-0.39, 0.29) is 0 Å². The van der Waals surface area contributed by atoms with E-state index >= 15 is 0 Å². The number of aryl methyl sites for hydroxylation is 2. The zero-order valence-corrected chi connectivity index (χ0v) is 9.55. The molecule has 1 rings (SSSR count). The van der Waals surface area contributed by atoms with Gasteiger partial charge in [0.15, 0.2) is 0 Å². The monoisotopic (exact) mass is 208 g/mol. The molecule has 1 nitrogen and oxygen atoms in total. The van der Waals surface area contributed by atoms with Crippen LogP contribution >= 0.6 is 12.6 Å².